The van der Waals surface area contributed by atoms with E-state index in [4.69, 9.17) is 14.1 Å². The van der Waals surface area contributed by atoms with Crippen LogP contribution in [0.2, 0.25) is 0 Å². The van der Waals surface area contributed by atoms with Crippen molar-refractivity contribution in [3.05, 3.63) is 48.2 Å². The van der Waals surface area contributed by atoms with Crippen molar-refractivity contribution in [1.82, 2.24) is 15.0 Å². The van der Waals surface area contributed by atoms with Crippen LogP contribution in [0.1, 0.15) is 44.2 Å². The van der Waals surface area contributed by atoms with E-state index in [1.54, 1.807) is 32.2 Å². The summed E-state index contributed by atoms with van der Waals surface area (Å²) in [5.74, 6) is 0.752. The average Bonchev–Trinajstić information content (AvgIpc) is 3.19. The van der Waals surface area contributed by atoms with E-state index >= 15 is 0 Å². The highest BCUT2D eigenvalue weighted by Gasteiger charge is 2.26. The predicted molar refractivity (Wildman–Crippen MR) is 113 cm³/mol. The number of pyridine rings is 2. The van der Waals surface area contributed by atoms with Gasteiger partial charge in [-0.2, -0.15) is 8.78 Å². The van der Waals surface area contributed by atoms with Crippen LogP contribution in [0.4, 0.5) is 8.78 Å². The third kappa shape index (κ3) is 5.43. The van der Waals surface area contributed by atoms with Gasteiger partial charge in [0.2, 0.25) is 0 Å². The van der Waals surface area contributed by atoms with Crippen molar-refractivity contribution in [3.63, 3.8) is 0 Å². The molecule has 0 unspecified atom stereocenters. The molecule has 0 aliphatic carbocycles. The van der Waals surface area contributed by atoms with Crippen molar-refractivity contribution in [2.75, 3.05) is 13.2 Å². The third-order valence-electron chi connectivity index (χ3n) is 4.98. The maximum atomic E-state index is 12.4. The fraction of sp³-hybridized carbons (Fsp3) is 0.409. The topological polar surface area (TPSA) is 90.5 Å². The largest absolute Gasteiger partial charge is 0.433 e. The van der Waals surface area contributed by atoms with Crippen LogP contribution in [0.3, 0.4) is 0 Å². The van der Waals surface area contributed by atoms with Gasteiger partial charge in [0, 0.05) is 30.9 Å². The van der Waals surface area contributed by atoms with Crippen molar-refractivity contribution in [3.8, 4) is 17.0 Å². The maximum Gasteiger partial charge on any atom is 0.387 e. The van der Waals surface area contributed by atoms with Crippen molar-refractivity contribution < 1.29 is 27.8 Å². The molecule has 0 bridgehead atoms. The molecule has 170 valence electrons. The zero-order valence-electron chi connectivity index (χ0n) is 17.6. The van der Waals surface area contributed by atoms with E-state index in [1.807, 2.05) is 6.07 Å². The molecule has 1 aliphatic rings. The molecule has 32 heavy (non-hydrogen) atoms. The number of nitrogens with zero attached hydrogens (tertiary/aromatic N) is 3. The molecule has 3 aromatic heterocycles. The minimum atomic E-state index is -2.91. The summed E-state index contributed by atoms with van der Waals surface area (Å²) < 4.78 is 40.7. The van der Waals surface area contributed by atoms with E-state index in [0.717, 1.165) is 18.4 Å². The first-order valence-corrected chi connectivity index (χ1v) is 11.0. The number of aliphatic hydroxyl groups is 1. The Balaban J connectivity index is 1.64. The standard InChI is InChI=1S/C22H23F2N3O4S/c1-22(2,28)16-5-3-14(11-25-16)18-20(31-19(27-18)13-7-9-29-10-8-13)32-17-6-4-15(12-26-17)30-21(23)24/h3-6,11-13,21,28H,7-10H2,1-2H3. The number of hydrogen-bond donors (Lipinski definition) is 1. The second-order valence-corrected chi connectivity index (χ2v) is 8.87. The minimum absolute atomic E-state index is 0.0172. The van der Waals surface area contributed by atoms with E-state index in [9.17, 15) is 13.9 Å². The Morgan fingerprint density at radius 1 is 1.12 bits per heavy atom. The van der Waals surface area contributed by atoms with E-state index < -0.39 is 12.2 Å². The van der Waals surface area contributed by atoms with Gasteiger partial charge in [0.1, 0.15) is 22.1 Å². The van der Waals surface area contributed by atoms with Crippen LogP contribution >= 0.6 is 11.8 Å². The quantitative estimate of drug-likeness (QED) is 0.523. The highest BCUT2D eigenvalue weighted by molar-refractivity contribution is 7.99. The van der Waals surface area contributed by atoms with Gasteiger partial charge in [-0.3, -0.25) is 4.98 Å². The van der Waals surface area contributed by atoms with Gasteiger partial charge in [0.05, 0.1) is 11.9 Å². The lowest BCUT2D eigenvalue weighted by Gasteiger charge is -2.18. The van der Waals surface area contributed by atoms with Crippen molar-refractivity contribution in [2.45, 2.75) is 54.9 Å². The first-order chi connectivity index (χ1) is 15.3. The molecule has 0 aromatic carbocycles. The summed E-state index contributed by atoms with van der Waals surface area (Å²) in [6, 6.07) is 6.60. The lowest BCUT2D eigenvalue weighted by Crippen LogP contribution is -2.17. The van der Waals surface area contributed by atoms with E-state index in [2.05, 4.69) is 14.7 Å². The van der Waals surface area contributed by atoms with Gasteiger partial charge in [-0.25, -0.2) is 9.97 Å². The Hall–Kier alpha value is -2.56. The SMILES string of the molecule is CC(C)(O)c1ccc(-c2nc(C3CCOCC3)oc2Sc2ccc(OC(F)F)cn2)cn1. The Bertz CT molecular complexity index is 1030. The summed E-state index contributed by atoms with van der Waals surface area (Å²) >= 11 is 1.24. The van der Waals surface area contributed by atoms with Crippen LogP contribution in [-0.2, 0) is 10.3 Å². The Morgan fingerprint density at radius 3 is 2.50 bits per heavy atom. The number of hydrogen-bond acceptors (Lipinski definition) is 8. The highest BCUT2D eigenvalue weighted by atomic mass is 32.2. The van der Waals surface area contributed by atoms with Crippen LogP contribution in [0, 0.1) is 0 Å². The van der Waals surface area contributed by atoms with Crippen molar-refractivity contribution in [2.24, 2.45) is 0 Å². The van der Waals surface area contributed by atoms with Crippen LogP contribution in [0.25, 0.3) is 11.3 Å². The number of oxazole rings is 1. The first kappa shape index (κ1) is 22.6. The van der Waals surface area contributed by atoms with Crippen molar-refractivity contribution >= 4 is 11.8 Å². The number of ether oxygens (including phenoxy) is 2. The van der Waals surface area contributed by atoms with E-state index in [1.165, 1.54) is 24.0 Å². The summed E-state index contributed by atoms with van der Waals surface area (Å²) in [6.45, 7) is 1.74. The normalized spacial score (nSPS) is 15.3. The highest BCUT2D eigenvalue weighted by Crippen LogP contribution is 2.39. The Morgan fingerprint density at radius 2 is 1.91 bits per heavy atom. The molecule has 0 amide bonds. The number of halogens is 2. The van der Waals surface area contributed by atoms with Gasteiger partial charge in [-0.1, -0.05) is 0 Å². The van der Waals surface area contributed by atoms with Gasteiger partial charge < -0.3 is 19.0 Å². The molecule has 1 N–H and O–H groups in total. The van der Waals surface area contributed by atoms with Crippen molar-refractivity contribution in [1.29, 1.82) is 0 Å². The molecule has 4 rings (SSSR count). The molecule has 7 nitrogen and oxygen atoms in total. The van der Waals surface area contributed by atoms with Crippen LogP contribution in [0.5, 0.6) is 5.75 Å². The predicted octanol–water partition coefficient (Wildman–Crippen LogP) is 5.01. The van der Waals surface area contributed by atoms with Crippen LogP contribution < -0.4 is 4.74 Å². The maximum absolute atomic E-state index is 12.4. The lowest BCUT2D eigenvalue weighted by molar-refractivity contribution is -0.0501. The summed E-state index contributed by atoms with van der Waals surface area (Å²) in [5, 5.41) is 11.2. The number of rotatable bonds is 7. The molecular weight excluding hydrogens is 440 g/mol. The zero-order valence-corrected chi connectivity index (χ0v) is 18.4. The van der Waals surface area contributed by atoms with Gasteiger partial charge in [-0.05, 0) is 62.7 Å². The molecule has 0 atom stereocenters. The number of alkyl halides is 2. The molecule has 10 heteroatoms. The summed E-state index contributed by atoms with van der Waals surface area (Å²) in [5.41, 5.74) is 0.834. The van der Waals surface area contributed by atoms with Gasteiger partial charge in [-0.15, -0.1) is 0 Å². The summed E-state index contributed by atoms with van der Waals surface area (Å²) in [6.07, 6.45) is 4.52. The minimum Gasteiger partial charge on any atom is -0.433 e. The monoisotopic (exact) mass is 463 g/mol. The molecule has 1 aliphatic heterocycles. The molecular formula is C22H23F2N3O4S. The van der Waals surface area contributed by atoms with Gasteiger partial charge >= 0.3 is 6.61 Å². The van der Waals surface area contributed by atoms with Crippen LogP contribution in [0.15, 0.2) is 51.2 Å². The third-order valence-corrected chi connectivity index (χ3v) is 5.89. The molecule has 0 saturated carbocycles. The molecule has 0 spiro atoms. The number of aromatic nitrogens is 3. The molecule has 4 heterocycles. The molecule has 1 saturated heterocycles. The fourth-order valence-electron chi connectivity index (χ4n) is 3.28. The lowest BCUT2D eigenvalue weighted by atomic mass is 10.0. The smallest absolute Gasteiger partial charge is 0.387 e. The van der Waals surface area contributed by atoms with Crippen LogP contribution in [-0.4, -0.2) is 39.9 Å². The molecule has 0 radical (unpaired) electrons. The summed E-state index contributed by atoms with van der Waals surface area (Å²) in [4.78, 5) is 13.3. The molecule has 3 aromatic rings. The fourth-order valence-corrected chi connectivity index (χ4v) is 4.10. The second kappa shape index (κ2) is 9.51. The first-order valence-electron chi connectivity index (χ1n) is 10.2. The van der Waals surface area contributed by atoms with E-state index in [-0.39, 0.29) is 11.7 Å². The van der Waals surface area contributed by atoms with Gasteiger partial charge in [0.15, 0.2) is 11.0 Å². The van der Waals surface area contributed by atoms with E-state index in [0.29, 0.717) is 40.6 Å². The average molecular weight is 464 g/mol. The Kier molecular flexibility index (Phi) is 6.73. The second-order valence-electron chi connectivity index (χ2n) is 7.88. The zero-order chi connectivity index (χ0) is 22.7. The Labute approximate surface area is 188 Å². The summed E-state index contributed by atoms with van der Waals surface area (Å²) in [7, 11) is 0. The molecule has 1 fully saturated rings. The van der Waals surface area contributed by atoms with Gasteiger partial charge in [0.25, 0.3) is 0 Å².